The van der Waals surface area contributed by atoms with Gasteiger partial charge in [-0.2, -0.15) is 0 Å². The molecule has 0 saturated carbocycles. The van der Waals surface area contributed by atoms with E-state index in [4.69, 9.17) is 9.47 Å². The number of hydrogen-bond acceptors (Lipinski definition) is 6. The Morgan fingerprint density at radius 1 is 0.481 bits per heavy atom. The fourth-order valence-electron chi connectivity index (χ4n) is 5.07. The number of ether oxygens (including phenoxy) is 2. The summed E-state index contributed by atoms with van der Waals surface area (Å²) in [5, 5.41) is 11.2. The second kappa shape index (κ2) is 22.3. The Balaban J connectivity index is 1.22. The first-order valence-corrected chi connectivity index (χ1v) is 17.7. The largest absolute Gasteiger partial charge is 0.497 e. The van der Waals surface area contributed by atoms with Crippen LogP contribution >= 0.6 is 0 Å². The molecule has 0 bridgehead atoms. The highest BCUT2D eigenvalue weighted by molar-refractivity contribution is 6.05. The van der Waals surface area contributed by atoms with Crippen LogP contribution in [0.25, 0.3) is 24.3 Å². The molecule has 4 amide bonds. The Labute approximate surface area is 316 Å². The van der Waals surface area contributed by atoms with E-state index in [1.54, 1.807) is 62.8 Å². The van der Waals surface area contributed by atoms with E-state index in [1.807, 2.05) is 84.9 Å². The monoisotopic (exact) mass is 726 g/mol. The van der Waals surface area contributed by atoms with E-state index in [0.717, 1.165) is 35.1 Å². The third-order valence-electron chi connectivity index (χ3n) is 7.99. The summed E-state index contributed by atoms with van der Waals surface area (Å²) in [5.41, 5.74) is 3.44. The molecule has 4 aromatic carbocycles. The van der Waals surface area contributed by atoms with Crippen LogP contribution in [-0.4, -0.2) is 50.9 Å². The molecule has 10 nitrogen and oxygen atoms in total. The maximum atomic E-state index is 13.1. The summed E-state index contributed by atoms with van der Waals surface area (Å²) < 4.78 is 10.3. The highest BCUT2D eigenvalue weighted by Crippen LogP contribution is 2.14. The van der Waals surface area contributed by atoms with Gasteiger partial charge in [0.05, 0.1) is 14.2 Å². The maximum Gasteiger partial charge on any atom is 0.267 e. The van der Waals surface area contributed by atoms with Crippen LogP contribution < -0.4 is 30.7 Å². The zero-order valence-corrected chi connectivity index (χ0v) is 30.5. The lowest BCUT2D eigenvalue weighted by molar-refractivity contribution is -0.121. The molecule has 0 atom stereocenters. The summed E-state index contributed by atoms with van der Waals surface area (Å²) in [4.78, 5) is 51.8. The Morgan fingerprint density at radius 3 is 1.20 bits per heavy atom. The van der Waals surface area contributed by atoms with Gasteiger partial charge in [0.15, 0.2) is 0 Å². The standard InChI is InChI=1S/C44H46N4O6/c1-53-37-23-17-33(18-24-37)21-27-41(49)47-39(31-35-13-7-5-8-14-35)43(51)45-29-11-3-4-12-30-46-44(52)40(32-36-15-9-6-10-16-36)48-42(50)28-22-34-19-25-38(54-2)26-20-34/h5-10,13-28,31-32H,3-4,11-12,29-30H2,1-2H3,(H,45,51)(H,46,52)(H,47,49)(H,48,50)/b27-21+,28-22+,39-31-,40-32-. The van der Waals surface area contributed by atoms with Crippen LogP contribution in [0.5, 0.6) is 11.5 Å². The summed E-state index contributed by atoms with van der Waals surface area (Å²) >= 11 is 0. The zero-order valence-electron chi connectivity index (χ0n) is 30.5. The molecule has 0 aromatic heterocycles. The van der Waals surface area contributed by atoms with Gasteiger partial charge in [-0.15, -0.1) is 0 Å². The van der Waals surface area contributed by atoms with Gasteiger partial charge in [0, 0.05) is 25.2 Å². The molecule has 54 heavy (non-hydrogen) atoms. The fraction of sp³-hybridized carbons (Fsp3) is 0.182. The van der Waals surface area contributed by atoms with Crippen molar-refractivity contribution >= 4 is 47.9 Å². The van der Waals surface area contributed by atoms with Crippen LogP contribution in [0.2, 0.25) is 0 Å². The van der Waals surface area contributed by atoms with Crippen LogP contribution in [0.4, 0.5) is 0 Å². The minimum absolute atomic E-state index is 0.135. The Kier molecular flexibility index (Phi) is 16.6. The highest BCUT2D eigenvalue weighted by atomic mass is 16.5. The fourth-order valence-corrected chi connectivity index (χ4v) is 5.07. The molecule has 278 valence electrons. The SMILES string of the molecule is COc1ccc(/C=C/C(=O)N/C(=C\c2ccccc2)C(=O)NCCCCCCNC(=O)/C(=C/c2ccccc2)NC(=O)/C=C/c2ccc(OC)cc2)cc1. The van der Waals surface area contributed by atoms with Gasteiger partial charge in [0.2, 0.25) is 11.8 Å². The lowest BCUT2D eigenvalue weighted by atomic mass is 10.1. The molecule has 0 aliphatic carbocycles. The maximum absolute atomic E-state index is 13.1. The van der Waals surface area contributed by atoms with Crippen molar-refractivity contribution in [2.24, 2.45) is 0 Å². The Hall–Kier alpha value is -6.68. The first-order valence-electron chi connectivity index (χ1n) is 17.7. The van der Waals surface area contributed by atoms with E-state index >= 15 is 0 Å². The van der Waals surface area contributed by atoms with Gasteiger partial charge in [-0.1, -0.05) is 97.8 Å². The normalized spacial score (nSPS) is 11.6. The molecule has 0 aliphatic rings. The molecule has 0 unspecified atom stereocenters. The van der Waals surface area contributed by atoms with Crippen molar-refractivity contribution in [2.75, 3.05) is 27.3 Å². The van der Waals surface area contributed by atoms with Gasteiger partial charge in [0.1, 0.15) is 22.9 Å². The molecule has 0 aliphatic heterocycles. The minimum atomic E-state index is -0.434. The number of amides is 4. The number of hydrogen-bond donors (Lipinski definition) is 4. The number of methoxy groups -OCH3 is 2. The number of carbonyl (C=O) groups is 4. The number of unbranched alkanes of at least 4 members (excludes halogenated alkanes) is 3. The van der Waals surface area contributed by atoms with E-state index in [0.29, 0.717) is 37.4 Å². The molecule has 4 rings (SSSR count). The topological polar surface area (TPSA) is 135 Å². The van der Waals surface area contributed by atoms with Crippen LogP contribution in [0.3, 0.4) is 0 Å². The van der Waals surface area contributed by atoms with Crippen LogP contribution in [0, 0.1) is 0 Å². The number of rotatable bonds is 19. The van der Waals surface area contributed by atoms with Gasteiger partial charge in [-0.05, 0) is 83.7 Å². The molecule has 0 fully saturated rings. The van der Waals surface area contributed by atoms with Crippen molar-refractivity contribution in [3.8, 4) is 11.5 Å². The summed E-state index contributed by atoms with van der Waals surface area (Å²) in [6, 6.07) is 33.1. The lowest BCUT2D eigenvalue weighted by Gasteiger charge is -2.11. The van der Waals surface area contributed by atoms with E-state index in [-0.39, 0.29) is 11.4 Å². The van der Waals surface area contributed by atoms with Gasteiger partial charge in [-0.25, -0.2) is 0 Å². The molecule has 0 radical (unpaired) electrons. The average molecular weight is 727 g/mol. The van der Waals surface area contributed by atoms with Crippen molar-refractivity contribution in [3.05, 3.63) is 155 Å². The zero-order chi connectivity index (χ0) is 38.4. The molecule has 0 spiro atoms. The molecule has 10 heteroatoms. The van der Waals surface area contributed by atoms with Crippen molar-refractivity contribution in [1.82, 2.24) is 21.3 Å². The predicted octanol–water partition coefficient (Wildman–Crippen LogP) is 6.54. The van der Waals surface area contributed by atoms with Crippen molar-refractivity contribution in [2.45, 2.75) is 25.7 Å². The number of benzene rings is 4. The minimum Gasteiger partial charge on any atom is -0.497 e. The van der Waals surface area contributed by atoms with Crippen LogP contribution in [0.15, 0.2) is 133 Å². The van der Waals surface area contributed by atoms with Crippen LogP contribution in [0.1, 0.15) is 47.9 Å². The van der Waals surface area contributed by atoms with E-state index < -0.39 is 23.6 Å². The summed E-state index contributed by atoms with van der Waals surface area (Å²) in [5.74, 6) is -0.223. The second-order valence-corrected chi connectivity index (χ2v) is 12.1. The average Bonchev–Trinajstić information content (AvgIpc) is 3.20. The molecular formula is C44H46N4O6. The predicted molar refractivity (Wildman–Crippen MR) is 214 cm³/mol. The Bertz CT molecular complexity index is 1790. The third kappa shape index (κ3) is 14.5. The molecule has 4 N–H and O–H groups in total. The van der Waals surface area contributed by atoms with Gasteiger partial charge in [-0.3, -0.25) is 19.2 Å². The number of carbonyl (C=O) groups excluding carboxylic acids is 4. The van der Waals surface area contributed by atoms with Gasteiger partial charge >= 0.3 is 0 Å². The third-order valence-corrected chi connectivity index (χ3v) is 7.99. The van der Waals surface area contributed by atoms with Crippen molar-refractivity contribution in [1.29, 1.82) is 0 Å². The number of nitrogens with one attached hydrogen (secondary N) is 4. The van der Waals surface area contributed by atoms with E-state index in [2.05, 4.69) is 21.3 Å². The summed E-state index contributed by atoms with van der Waals surface area (Å²) in [6.45, 7) is 0.823. The second-order valence-electron chi connectivity index (χ2n) is 12.1. The summed E-state index contributed by atoms with van der Waals surface area (Å²) in [7, 11) is 3.18. The molecule has 4 aromatic rings. The molecule has 0 saturated heterocycles. The van der Waals surface area contributed by atoms with Crippen molar-refractivity contribution in [3.63, 3.8) is 0 Å². The van der Waals surface area contributed by atoms with Gasteiger partial charge < -0.3 is 30.7 Å². The quantitative estimate of drug-likeness (QED) is 0.0641. The molecular weight excluding hydrogens is 681 g/mol. The van der Waals surface area contributed by atoms with Crippen molar-refractivity contribution < 1.29 is 28.7 Å². The highest BCUT2D eigenvalue weighted by Gasteiger charge is 2.13. The Morgan fingerprint density at radius 2 is 0.852 bits per heavy atom. The van der Waals surface area contributed by atoms with E-state index in [1.165, 1.54) is 12.2 Å². The first-order chi connectivity index (χ1) is 26.3. The van der Waals surface area contributed by atoms with E-state index in [9.17, 15) is 19.2 Å². The van der Waals surface area contributed by atoms with Gasteiger partial charge in [0.25, 0.3) is 11.8 Å². The first kappa shape index (κ1) is 40.1. The lowest BCUT2D eigenvalue weighted by Crippen LogP contribution is -2.35. The summed E-state index contributed by atoms with van der Waals surface area (Å²) in [6.07, 6.45) is 12.4. The van der Waals surface area contributed by atoms with Crippen LogP contribution in [-0.2, 0) is 19.2 Å². The molecule has 0 heterocycles. The smallest absolute Gasteiger partial charge is 0.267 e.